The Hall–Kier alpha value is -2.43. The van der Waals surface area contributed by atoms with E-state index in [9.17, 15) is 14.4 Å². The Morgan fingerprint density at radius 2 is 1.54 bits per heavy atom. The summed E-state index contributed by atoms with van der Waals surface area (Å²) in [6, 6.07) is 6.57. The lowest BCUT2D eigenvalue weighted by Crippen LogP contribution is -2.40. The molecule has 2 saturated carbocycles. The Balaban J connectivity index is 1.42. The lowest BCUT2D eigenvalue weighted by atomic mass is 9.63. The van der Waals surface area contributed by atoms with Gasteiger partial charge in [0, 0.05) is 0 Å². The van der Waals surface area contributed by atoms with E-state index in [0.717, 1.165) is 6.42 Å². The van der Waals surface area contributed by atoms with E-state index in [0.29, 0.717) is 23.1 Å². The first-order chi connectivity index (χ1) is 12.5. The number of hydrogen-bond donors (Lipinski definition) is 0. The molecule has 0 radical (unpaired) electrons. The number of esters is 1. The molecule has 1 aromatic carbocycles. The number of ether oxygens (including phenoxy) is 1. The van der Waals surface area contributed by atoms with Gasteiger partial charge in [-0.1, -0.05) is 12.2 Å². The van der Waals surface area contributed by atoms with Crippen LogP contribution in [0.15, 0.2) is 36.4 Å². The molecule has 3 fully saturated rings. The molecule has 2 amide bonds. The number of rotatable bonds is 3. The molecule has 0 N–H and O–H groups in total. The summed E-state index contributed by atoms with van der Waals surface area (Å²) in [7, 11) is 0. The van der Waals surface area contributed by atoms with Crippen LogP contribution in [0.25, 0.3) is 0 Å². The highest BCUT2D eigenvalue weighted by Crippen LogP contribution is 2.65. The molecule has 5 nitrogen and oxygen atoms in total. The maximum Gasteiger partial charge on any atom is 0.338 e. The van der Waals surface area contributed by atoms with E-state index in [1.165, 1.54) is 4.90 Å². The third kappa shape index (κ3) is 2.06. The van der Waals surface area contributed by atoms with Crippen molar-refractivity contribution >= 4 is 23.5 Å². The number of benzene rings is 1. The topological polar surface area (TPSA) is 63.7 Å². The second kappa shape index (κ2) is 5.29. The van der Waals surface area contributed by atoms with E-state index >= 15 is 0 Å². The molecule has 0 spiro atoms. The largest absolute Gasteiger partial charge is 0.459 e. The van der Waals surface area contributed by atoms with Gasteiger partial charge in [-0.2, -0.15) is 0 Å². The number of imide groups is 1. The number of nitrogens with zero attached hydrogens (tertiary/aromatic N) is 1. The zero-order valence-corrected chi connectivity index (χ0v) is 14.8. The first-order valence-corrected chi connectivity index (χ1v) is 9.34. The SMILES string of the molecule is CC(C)OC(=O)c1ccc(N2C(=O)[C@@H]3[C@H]4C=C[C@@H]([C@@H]5C[C@@H]45)[C@H]3C2=O)cc1. The van der Waals surface area contributed by atoms with Gasteiger partial charge in [-0.05, 0) is 68.2 Å². The van der Waals surface area contributed by atoms with Crippen molar-refractivity contribution in [2.75, 3.05) is 4.90 Å². The zero-order valence-electron chi connectivity index (χ0n) is 14.8. The third-order valence-electron chi connectivity index (χ3n) is 6.37. The van der Waals surface area contributed by atoms with Crippen LogP contribution >= 0.6 is 0 Å². The second-order valence-electron chi connectivity index (χ2n) is 8.17. The molecule has 4 aliphatic carbocycles. The maximum atomic E-state index is 13.0. The van der Waals surface area contributed by atoms with Gasteiger partial charge in [-0.3, -0.25) is 14.5 Å². The number of carbonyl (C=O) groups excluding carboxylic acids is 3. The summed E-state index contributed by atoms with van der Waals surface area (Å²) in [6.07, 6.45) is 5.29. The van der Waals surface area contributed by atoms with E-state index in [-0.39, 0.29) is 41.6 Å². The van der Waals surface area contributed by atoms with Gasteiger partial charge in [0.05, 0.1) is 29.2 Å². The Morgan fingerprint density at radius 1 is 1.00 bits per heavy atom. The van der Waals surface area contributed by atoms with Crippen LogP contribution < -0.4 is 4.90 Å². The van der Waals surface area contributed by atoms with Crippen molar-refractivity contribution in [3.8, 4) is 0 Å². The molecule has 1 aromatic rings. The predicted molar refractivity (Wildman–Crippen MR) is 94.2 cm³/mol. The van der Waals surface area contributed by atoms with Crippen molar-refractivity contribution in [1.29, 1.82) is 0 Å². The van der Waals surface area contributed by atoms with Crippen LogP contribution in [-0.2, 0) is 14.3 Å². The van der Waals surface area contributed by atoms with Crippen molar-refractivity contribution in [2.45, 2.75) is 26.4 Å². The van der Waals surface area contributed by atoms with Gasteiger partial charge in [-0.15, -0.1) is 0 Å². The van der Waals surface area contributed by atoms with Crippen molar-refractivity contribution in [3.63, 3.8) is 0 Å². The van der Waals surface area contributed by atoms with Crippen LogP contribution in [0.5, 0.6) is 0 Å². The molecule has 5 heteroatoms. The minimum absolute atomic E-state index is 0.0813. The van der Waals surface area contributed by atoms with Gasteiger partial charge in [-0.25, -0.2) is 4.79 Å². The Labute approximate surface area is 152 Å². The van der Waals surface area contributed by atoms with E-state index in [1.54, 1.807) is 38.1 Å². The fraction of sp³-hybridized carbons (Fsp3) is 0.476. The third-order valence-corrected chi connectivity index (χ3v) is 6.37. The molecule has 1 aliphatic heterocycles. The number of allylic oxidation sites excluding steroid dienone is 2. The fourth-order valence-electron chi connectivity index (χ4n) is 5.24. The average molecular weight is 351 g/mol. The van der Waals surface area contributed by atoms with Crippen LogP contribution in [0.2, 0.25) is 0 Å². The van der Waals surface area contributed by atoms with Gasteiger partial charge in [0.2, 0.25) is 11.8 Å². The number of carbonyl (C=O) groups is 3. The van der Waals surface area contributed by atoms with Gasteiger partial charge in [0.25, 0.3) is 0 Å². The monoisotopic (exact) mass is 351 g/mol. The molecule has 0 unspecified atom stereocenters. The standard InChI is InChI=1S/C21H21NO4/c1-10(2)26-21(25)11-3-5-12(6-4-11)22-19(23)17-13-7-8-14(16-9-15(13)16)18(17)20(22)24/h3-8,10,13-18H,9H2,1-2H3/t13-,14-,15-,16-,17+,18+/m0/s1. The van der Waals surface area contributed by atoms with Crippen LogP contribution in [0, 0.1) is 35.5 Å². The van der Waals surface area contributed by atoms with Gasteiger partial charge in [0.15, 0.2) is 0 Å². The number of amides is 2. The summed E-state index contributed by atoms with van der Waals surface area (Å²) in [5, 5.41) is 0. The molecule has 1 saturated heterocycles. The minimum Gasteiger partial charge on any atom is -0.459 e. The van der Waals surface area contributed by atoms with E-state index in [4.69, 9.17) is 4.74 Å². The Morgan fingerprint density at radius 3 is 2.04 bits per heavy atom. The fourth-order valence-corrected chi connectivity index (χ4v) is 5.24. The smallest absolute Gasteiger partial charge is 0.338 e. The molecule has 2 bridgehead atoms. The van der Waals surface area contributed by atoms with Crippen LogP contribution in [0.3, 0.4) is 0 Å². The summed E-state index contributed by atoms with van der Waals surface area (Å²) < 4.78 is 5.18. The first kappa shape index (κ1) is 15.8. The average Bonchev–Trinajstić information content (AvgIpc) is 3.39. The highest BCUT2D eigenvalue weighted by molar-refractivity contribution is 6.22. The minimum atomic E-state index is -0.401. The summed E-state index contributed by atoms with van der Waals surface area (Å²) >= 11 is 0. The van der Waals surface area contributed by atoms with Crippen LogP contribution in [0.4, 0.5) is 5.69 Å². The number of anilines is 1. The van der Waals surface area contributed by atoms with Crippen molar-refractivity contribution in [3.05, 3.63) is 42.0 Å². The molecular weight excluding hydrogens is 330 g/mol. The van der Waals surface area contributed by atoms with Gasteiger partial charge < -0.3 is 4.74 Å². The highest BCUT2D eigenvalue weighted by atomic mass is 16.5. The quantitative estimate of drug-likeness (QED) is 0.477. The summed E-state index contributed by atoms with van der Waals surface area (Å²) in [5.41, 5.74) is 0.963. The van der Waals surface area contributed by atoms with Gasteiger partial charge >= 0.3 is 5.97 Å². The molecule has 0 aromatic heterocycles. The molecule has 26 heavy (non-hydrogen) atoms. The summed E-state index contributed by atoms with van der Waals surface area (Å²) in [4.78, 5) is 39.4. The van der Waals surface area contributed by atoms with Crippen molar-refractivity contribution in [1.82, 2.24) is 0 Å². The maximum absolute atomic E-state index is 13.0. The van der Waals surface area contributed by atoms with Crippen molar-refractivity contribution < 1.29 is 19.1 Å². The van der Waals surface area contributed by atoms with Gasteiger partial charge in [0.1, 0.15) is 0 Å². The normalized spacial score (nSPS) is 36.3. The lowest BCUT2D eigenvalue weighted by molar-refractivity contribution is -0.124. The van der Waals surface area contributed by atoms with E-state index in [1.807, 2.05) is 0 Å². The summed E-state index contributed by atoms with van der Waals surface area (Å²) in [5.74, 6) is 0.658. The first-order valence-electron chi connectivity index (χ1n) is 9.34. The Bertz CT molecular complexity index is 804. The molecule has 134 valence electrons. The predicted octanol–water partition coefficient (Wildman–Crippen LogP) is 2.81. The van der Waals surface area contributed by atoms with Crippen molar-refractivity contribution in [2.24, 2.45) is 35.5 Å². The summed E-state index contributed by atoms with van der Waals surface area (Å²) in [6.45, 7) is 3.59. The molecule has 6 atom stereocenters. The Kier molecular flexibility index (Phi) is 3.21. The molecular formula is C21H21NO4. The molecule has 5 aliphatic rings. The number of hydrogen-bond acceptors (Lipinski definition) is 4. The molecule has 1 heterocycles. The van der Waals surface area contributed by atoms with Crippen LogP contribution in [0.1, 0.15) is 30.6 Å². The highest BCUT2D eigenvalue weighted by Gasteiger charge is 2.67. The van der Waals surface area contributed by atoms with E-state index < -0.39 is 5.97 Å². The van der Waals surface area contributed by atoms with Crippen LogP contribution in [-0.4, -0.2) is 23.9 Å². The lowest BCUT2D eigenvalue weighted by Gasteiger charge is -2.37. The second-order valence-corrected chi connectivity index (χ2v) is 8.17. The molecule has 6 rings (SSSR count). The zero-order chi connectivity index (χ0) is 18.2. The van der Waals surface area contributed by atoms with E-state index in [2.05, 4.69) is 12.2 Å².